The molecular weight excluding hydrogens is 194 g/mol. The minimum Gasteiger partial charge on any atom is -0.314 e. The molecule has 1 atom stereocenters. The first-order valence-corrected chi connectivity index (χ1v) is 7.22. The van der Waals surface area contributed by atoms with Crippen molar-refractivity contribution in [2.45, 2.75) is 66.3 Å². The summed E-state index contributed by atoms with van der Waals surface area (Å²) < 4.78 is 0. The molecule has 96 valence electrons. The zero-order chi connectivity index (χ0) is 12.1. The highest BCUT2D eigenvalue weighted by Gasteiger charge is 2.28. The summed E-state index contributed by atoms with van der Waals surface area (Å²) in [4.78, 5) is 0. The molecule has 0 amide bonds. The van der Waals surface area contributed by atoms with Crippen LogP contribution in [-0.4, -0.2) is 12.6 Å². The molecule has 1 saturated carbocycles. The van der Waals surface area contributed by atoms with E-state index in [2.05, 4.69) is 39.9 Å². The molecule has 1 heteroatoms. The predicted octanol–water partition coefficient (Wildman–Crippen LogP) is 4.08. The van der Waals surface area contributed by atoms with Gasteiger partial charge in [0, 0.05) is 6.04 Å². The summed E-state index contributed by atoms with van der Waals surface area (Å²) in [5.74, 6) is 3.55. The van der Waals surface area contributed by atoms with Gasteiger partial charge in [-0.3, -0.25) is 0 Å². The monoisotopic (exact) mass is 225 g/mol. The summed E-state index contributed by atoms with van der Waals surface area (Å²) in [6, 6.07) is 0.737. The minimum atomic E-state index is 0.737. The van der Waals surface area contributed by atoms with E-state index in [1.54, 1.807) is 0 Å². The topological polar surface area (TPSA) is 12.0 Å². The minimum absolute atomic E-state index is 0.737. The van der Waals surface area contributed by atoms with E-state index in [-0.39, 0.29) is 0 Å². The molecule has 1 aliphatic carbocycles. The zero-order valence-electron chi connectivity index (χ0n) is 11.9. The van der Waals surface area contributed by atoms with Gasteiger partial charge in [-0.15, -0.1) is 0 Å². The van der Waals surface area contributed by atoms with Gasteiger partial charge in [-0.2, -0.15) is 0 Å². The van der Waals surface area contributed by atoms with Crippen molar-refractivity contribution in [2.24, 2.45) is 23.7 Å². The predicted molar refractivity (Wildman–Crippen MR) is 72.6 cm³/mol. The molecule has 0 aromatic carbocycles. The van der Waals surface area contributed by atoms with Gasteiger partial charge < -0.3 is 5.32 Å². The molecule has 1 fully saturated rings. The number of nitrogens with one attached hydrogen (secondary N) is 1. The van der Waals surface area contributed by atoms with Gasteiger partial charge >= 0.3 is 0 Å². The fourth-order valence-electron chi connectivity index (χ4n) is 2.59. The molecule has 16 heavy (non-hydrogen) atoms. The lowest BCUT2D eigenvalue weighted by Gasteiger charge is -2.24. The molecule has 0 aromatic heterocycles. The molecular formula is C15H31N. The lowest BCUT2D eigenvalue weighted by atomic mass is 9.95. The van der Waals surface area contributed by atoms with Crippen LogP contribution < -0.4 is 5.32 Å². The van der Waals surface area contributed by atoms with Gasteiger partial charge in [0.25, 0.3) is 0 Å². The first-order chi connectivity index (χ1) is 7.49. The Labute approximate surface area is 102 Å². The third-order valence-corrected chi connectivity index (χ3v) is 3.67. The van der Waals surface area contributed by atoms with Crippen LogP contribution >= 0.6 is 0 Å². The molecule has 1 aliphatic rings. The SMILES string of the molecule is CC(C)CC(CC(C)C)NCC(C)C1CC1. The number of rotatable bonds is 8. The summed E-state index contributed by atoms with van der Waals surface area (Å²) in [7, 11) is 0. The van der Waals surface area contributed by atoms with Crippen molar-refractivity contribution in [3.8, 4) is 0 Å². The van der Waals surface area contributed by atoms with Gasteiger partial charge in [0.2, 0.25) is 0 Å². The summed E-state index contributed by atoms with van der Waals surface area (Å²) >= 11 is 0. The normalized spacial score (nSPS) is 18.8. The van der Waals surface area contributed by atoms with Crippen LogP contribution in [0.3, 0.4) is 0 Å². The first kappa shape index (κ1) is 14.0. The zero-order valence-corrected chi connectivity index (χ0v) is 11.9. The van der Waals surface area contributed by atoms with Crippen molar-refractivity contribution < 1.29 is 0 Å². The highest BCUT2D eigenvalue weighted by atomic mass is 14.9. The van der Waals surface area contributed by atoms with Crippen molar-refractivity contribution in [2.75, 3.05) is 6.54 Å². The molecule has 0 aliphatic heterocycles. The van der Waals surface area contributed by atoms with E-state index in [1.165, 1.54) is 32.2 Å². The molecule has 0 spiro atoms. The molecule has 1 rings (SSSR count). The Balaban J connectivity index is 2.24. The molecule has 0 saturated heterocycles. The van der Waals surface area contributed by atoms with E-state index >= 15 is 0 Å². The van der Waals surface area contributed by atoms with Crippen molar-refractivity contribution >= 4 is 0 Å². The van der Waals surface area contributed by atoms with Crippen molar-refractivity contribution in [3.05, 3.63) is 0 Å². The summed E-state index contributed by atoms with van der Waals surface area (Å²) in [5, 5.41) is 3.80. The standard InChI is InChI=1S/C15H31N/c1-11(2)8-15(9-12(3)4)16-10-13(5)14-6-7-14/h11-16H,6-10H2,1-5H3. The van der Waals surface area contributed by atoms with Crippen LogP contribution in [0.1, 0.15) is 60.3 Å². The average Bonchev–Trinajstić information content (AvgIpc) is 2.94. The molecule has 1 nitrogen and oxygen atoms in total. The van der Waals surface area contributed by atoms with E-state index < -0.39 is 0 Å². The van der Waals surface area contributed by atoms with Gasteiger partial charge in [0.15, 0.2) is 0 Å². The Kier molecular flexibility index (Phi) is 5.82. The fraction of sp³-hybridized carbons (Fsp3) is 1.00. The van der Waals surface area contributed by atoms with E-state index in [0.29, 0.717) is 0 Å². The van der Waals surface area contributed by atoms with Crippen molar-refractivity contribution in [1.82, 2.24) is 5.32 Å². The third-order valence-electron chi connectivity index (χ3n) is 3.67. The van der Waals surface area contributed by atoms with Crippen LogP contribution in [0.25, 0.3) is 0 Å². The maximum absolute atomic E-state index is 3.80. The van der Waals surface area contributed by atoms with E-state index in [1.807, 2.05) is 0 Å². The Hall–Kier alpha value is -0.0400. The van der Waals surface area contributed by atoms with E-state index in [9.17, 15) is 0 Å². The largest absolute Gasteiger partial charge is 0.314 e. The Bertz CT molecular complexity index is 172. The lowest BCUT2D eigenvalue weighted by molar-refractivity contribution is 0.332. The van der Waals surface area contributed by atoms with Crippen LogP contribution in [-0.2, 0) is 0 Å². The highest BCUT2D eigenvalue weighted by Crippen LogP contribution is 2.36. The molecule has 0 radical (unpaired) electrons. The molecule has 1 unspecified atom stereocenters. The Morgan fingerprint density at radius 2 is 1.44 bits per heavy atom. The van der Waals surface area contributed by atoms with Gasteiger partial charge in [0.05, 0.1) is 0 Å². The third kappa shape index (κ3) is 5.89. The van der Waals surface area contributed by atoms with Crippen LogP contribution in [0.4, 0.5) is 0 Å². The smallest absolute Gasteiger partial charge is 0.00720 e. The van der Waals surface area contributed by atoms with Gasteiger partial charge in [-0.05, 0) is 55.9 Å². The van der Waals surface area contributed by atoms with E-state index in [0.717, 1.165) is 29.7 Å². The lowest BCUT2D eigenvalue weighted by Crippen LogP contribution is -2.35. The second kappa shape index (κ2) is 6.64. The molecule has 0 heterocycles. The van der Waals surface area contributed by atoms with Crippen LogP contribution in [0, 0.1) is 23.7 Å². The summed E-state index contributed by atoms with van der Waals surface area (Å²) in [6.07, 6.45) is 5.61. The van der Waals surface area contributed by atoms with Crippen LogP contribution in [0.5, 0.6) is 0 Å². The van der Waals surface area contributed by atoms with Crippen molar-refractivity contribution in [1.29, 1.82) is 0 Å². The molecule has 0 bridgehead atoms. The maximum Gasteiger partial charge on any atom is 0.00720 e. The number of hydrogen-bond donors (Lipinski definition) is 1. The highest BCUT2D eigenvalue weighted by molar-refractivity contribution is 4.81. The number of hydrogen-bond acceptors (Lipinski definition) is 1. The van der Waals surface area contributed by atoms with Gasteiger partial charge in [-0.25, -0.2) is 0 Å². The van der Waals surface area contributed by atoms with Gasteiger partial charge in [-0.1, -0.05) is 34.6 Å². The average molecular weight is 225 g/mol. The van der Waals surface area contributed by atoms with Crippen LogP contribution in [0.2, 0.25) is 0 Å². The van der Waals surface area contributed by atoms with Gasteiger partial charge in [0.1, 0.15) is 0 Å². The fourth-order valence-corrected chi connectivity index (χ4v) is 2.59. The Morgan fingerprint density at radius 3 is 1.81 bits per heavy atom. The Morgan fingerprint density at radius 1 is 0.938 bits per heavy atom. The second-order valence-electron chi connectivity index (χ2n) is 6.68. The quantitative estimate of drug-likeness (QED) is 0.656. The molecule has 1 N–H and O–H groups in total. The first-order valence-electron chi connectivity index (χ1n) is 7.22. The van der Waals surface area contributed by atoms with Crippen LogP contribution in [0.15, 0.2) is 0 Å². The van der Waals surface area contributed by atoms with E-state index in [4.69, 9.17) is 0 Å². The maximum atomic E-state index is 3.80. The second-order valence-corrected chi connectivity index (χ2v) is 6.68. The molecule has 0 aromatic rings. The summed E-state index contributed by atoms with van der Waals surface area (Å²) in [6.45, 7) is 13.0. The summed E-state index contributed by atoms with van der Waals surface area (Å²) in [5.41, 5.74) is 0. The van der Waals surface area contributed by atoms with Crippen molar-refractivity contribution in [3.63, 3.8) is 0 Å².